The lowest BCUT2D eigenvalue weighted by Crippen LogP contribution is -2.55. The fraction of sp³-hybridized carbons (Fsp3) is 0.591. The fourth-order valence-corrected chi connectivity index (χ4v) is 6.36. The minimum Gasteiger partial charge on any atom is -0.354 e. The SMILES string of the molecule is O=C(NCC1CC1)[C@H]1CCCN1C(=O)CN1CCC[C@H](NS(=O)(=O)/C=C/c2ccc(Cl)s2)C1=O. The Balaban J connectivity index is 1.32. The van der Waals surface area contributed by atoms with Crippen LogP contribution >= 0.6 is 22.9 Å². The lowest BCUT2D eigenvalue weighted by atomic mass is 10.1. The smallest absolute Gasteiger partial charge is 0.242 e. The number of carbonyl (C=O) groups is 3. The highest BCUT2D eigenvalue weighted by Crippen LogP contribution is 2.28. The first-order chi connectivity index (χ1) is 16.2. The molecule has 186 valence electrons. The summed E-state index contributed by atoms with van der Waals surface area (Å²) in [6.07, 6.45) is 5.97. The Morgan fingerprint density at radius 3 is 2.62 bits per heavy atom. The van der Waals surface area contributed by atoms with Gasteiger partial charge in [-0.1, -0.05) is 11.6 Å². The van der Waals surface area contributed by atoms with Crippen LogP contribution < -0.4 is 10.0 Å². The van der Waals surface area contributed by atoms with Crippen LogP contribution in [0.3, 0.4) is 0 Å². The monoisotopic (exact) mass is 528 g/mol. The highest BCUT2D eigenvalue weighted by Gasteiger charge is 2.38. The molecule has 2 aliphatic heterocycles. The zero-order valence-electron chi connectivity index (χ0n) is 18.7. The predicted octanol–water partition coefficient (Wildman–Crippen LogP) is 1.80. The number of nitrogens with one attached hydrogen (secondary N) is 2. The normalized spacial score (nSPS) is 23.6. The van der Waals surface area contributed by atoms with Crippen molar-refractivity contribution in [3.05, 3.63) is 26.8 Å². The molecule has 1 aromatic heterocycles. The summed E-state index contributed by atoms with van der Waals surface area (Å²) in [6, 6.07) is 1.94. The summed E-state index contributed by atoms with van der Waals surface area (Å²) in [6.45, 7) is 1.35. The molecule has 0 radical (unpaired) electrons. The number of piperidine rings is 1. The molecule has 2 N–H and O–H groups in total. The number of hydrogen-bond acceptors (Lipinski definition) is 6. The lowest BCUT2D eigenvalue weighted by molar-refractivity contribution is -0.145. The Morgan fingerprint density at radius 2 is 1.91 bits per heavy atom. The molecule has 0 bridgehead atoms. The van der Waals surface area contributed by atoms with Crippen molar-refractivity contribution in [2.24, 2.45) is 5.92 Å². The van der Waals surface area contributed by atoms with Crippen LogP contribution in [0.2, 0.25) is 4.34 Å². The van der Waals surface area contributed by atoms with Crippen molar-refractivity contribution in [1.82, 2.24) is 19.8 Å². The summed E-state index contributed by atoms with van der Waals surface area (Å²) in [7, 11) is -3.86. The van der Waals surface area contributed by atoms with E-state index in [2.05, 4.69) is 10.0 Å². The maximum atomic E-state index is 13.0. The van der Waals surface area contributed by atoms with Crippen LogP contribution in [0.1, 0.15) is 43.4 Å². The third kappa shape index (κ3) is 6.59. The highest BCUT2D eigenvalue weighted by molar-refractivity contribution is 7.92. The van der Waals surface area contributed by atoms with Gasteiger partial charge in [0.05, 0.1) is 10.9 Å². The molecule has 3 aliphatic rings. The van der Waals surface area contributed by atoms with Crippen LogP contribution in [-0.2, 0) is 24.4 Å². The molecule has 0 unspecified atom stereocenters. The van der Waals surface area contributed by atoms with Gasteiger partial charge < -0.3 is 15.1 Å². The number of amides is 3. The van der Waals surface area contributed by atoms with Crippen molar-refractivity contribution in [1.29, 1.82) is 0 Å². The van der Waals surface area contributed by atoms with Gasteiger partial charge in [-0.3, -0.25) is 14.4 Å². The second-order valence-corrected chi connectivity index (χ2v) is 12.3. The van der Waals surface area contributed by atoms with Crippen LogP contribution in [0.4, 0.5) is 0 Å². The Bertz CT molecular complexity index is 1070. The maximum Gasteiger partial charge on any atom is 0.242 e. The van der Waals surface area contributed by atoms with Crippen LogP contribution in [0, 0.1) is 5.92 Å². The quantitative estimate of drug-likeness (QED) is 0.507. The molecule has 3 fully saturated rings. The molecule has 4 rings (SSSR count). The van der Waals surface area contributed by atoms with E-state index in [1.807, 2.05) is 0 Å². The first kappa shape index (κ1) is 25.2. The fourth-order valence-electron chi connectivity index (χ4n) is 4.30. The first-order valence-corrected chi connectivity index (χ1v) is 14.3. The van der Waals surface area contributed by atoms with E-state index in [-0.39, 0.29) is 18.4 Å². The summed E-state index contributed by atoms with van der Waals surface area (Å²) in [4.78, 5) is 42.1. The largest absolute Gasteiger partial charge is 0.354 e. The average molecular weight is 529 g/mol. The minimum absolute atomic E-state index is 0.132. The van der Waals surface area contributed by atoms with E-state index in [1.165, 1.54) is 22.3 Å². The number of rotatable bonds is 9. The molecule has 1 saturated carbocycles. The zero-order chi connectivity index (χ0) is 24.3. The van der Waals surface area contributed by atoms with E-state index in [1.54, 1.807) is 17.0 Å². The molecule has 1 aliphatic carbocycles. The van der Waals surface area contributed by atoms with Crippen molar-refractivity contribution in [2.45, 2.75) is 50.6 Å². The molecule has 3 heterocycles. The number of thiophene rings is 1. The minimum atomic E-state index is -3.86. The van der Waals surface area contributed by atoms with Crippen LogP contribution in [0.5, 0.6) is 0 Å². The number of nitrogens with zero attached hydrogens (tertiary/aromatic N) is 2. The molecule has 0 aromatic carbocycles. The van der Waals surface area contributed by atoms with E-state index in [9.17, 15) is 22.8 Å². The van der Waals surface area contributed by atoms with Gasteiger partial charge in [0.2, 0.25) is 27.7 Å². The van der Waals surface area contributed by atoms with Crippen molar-refractivity contribution < 1.29 is 22.8 Å². The molecular weight excluding hydrogens is 500 g/mol. The molecule has 3 amide bonds. The summed E-state index contributed by atoms with van der Waals surface area (Å²) in [5, 5.41) is 3.95. The number of carbonyl (C=O) groups excluding carboxylic acids is 3. The topological polar surface area (TPSA) is 116 Å². The van der Waals surface area contributed by atoms with Crippen LogP contribution in [-0.4, -0.2) is 74.2 Å². The molecule has 1 aromatic rings. The van der Waals surface area contributed by atoms with E-state index >= 15 is 0 Å². The van der Waals surface area contributed by atoms with Gasteiger partial charge in [-0.25, -0.2) is 8.42 Å². The number of likely N-dealkylation sites (tertiary alicyclic amines) is 2. The molecular formula is C22H29ClN4O5S2. The van der Waals surface area contributed by atoms with Crippen molar-refractivity contribution in [3.8, 4) is 0 Å². The number of hydrogen-bond donors (Lipinski definition) is 2. The van der Waals surface area contributed by atoms with Gasteiger partial charge in [-0.05, 0) is 62.7 Å². The molecule has 9 nitrogen and oxygen atoms in total. The molecule has 2 saturated heterocycles. The van der Waals surface area contributed by atoms with Crippen LogP contribution in [0.15, 0.2) is 17.5 Å². The molecule has 34 heavy (non-hydrogen) atoms. The number of halogens is 1. The lowest BCUT2D eigenvalue weighted by Gasteiger charge is -2.33. The summed E-state index contributed by atoms with van der Waals surface area (Å²) < 4.78 is 27.9. The van der Waals surface area contributed by atoms with Gasteiger partial charge in [0.1, 0.15) is 12.1 Å². The Hall–Kier alpha value is -1.95. The van der Waals surface area contributed by atoms with Gasteiger partial charge in [0, 0.05) is 29.9 Å². The van der Waals surface area contributed by atoms with Gasteiger partial charge in [0.25, 0.3) is 0 Å². The van der Waals surface area contributed by atoms with Gasteiger partial charge >= 0.3 is 0 Å². The highest BCUT2D eigenvalue weighted by atomic mass is 35.5. The third-order valence-corrected chi connectivity index (χ3v) is 8.61. The third-order valence-electron chi connectivity index (χ3n) is 6.31. The van der Waals surface area contributed by atoms with E-state index in [0.717, 1.165) is 24.7 Å². The van der Waals surface area contributed by atoms with Gasteiger partial charge in [-0.15, -0.1) is 11.3 Å². The first-order valence-electron chi connectivity index (χ1n) is 11.5. The van der Waals surface area contributed by atoms with Crippen molar-refractivity contribution >= 4 is 56.8 Å². The summed E-state index contributed by atoms with van der Waals surface area (Å²) in [5.74, 6) is -0.286. The van der Waals surface area contributed by atoms with Gasteiger partial charge in [0.15, 0.2) is 0 Å². The average Bonchev–Trinajstić information content (AvgIpc) is 3.31. The summed E-state index contributed by atoms with van der Waals surface area (Å²) in [5.41, 5.74) is 0. The molecule has 2 atom stereocenters. The van der Waals surface area contributed by atoms with Crippen LogP contribution in [0.25, 0.3) is 6.08 Å². The van der Waals surface area contributed by atoms with E-state index in [4.69, 9.17) is 11.6 Å². The second kappa shape index (κ2) is 10.8. The molecule has 12 heteroatoms. The van der Waals surface area contributed by atoms with E-state index < -0.39 is 28.0 Å². The second-order valence-electron chi connectivity index (χ2n) is 9.00. The maximum absolute atomic E-state index is 13.0. The zero-order valence-corrected chi connectivity index (χ0v) is 21.1. The predicted molar refractivity (Wildman–Crippen MR) is 130 cm³/mol. The van der Waals surface area contributed by atoms with Gasteiger partial charge in [-0.2, -0.15) is 4.72 Å². The summed E-state index contributed by atoms with van der Waals surface area (Å²) >= 11 is 7.11. The van der Waals surface area contributed by atoms with Crippen molar-refractivity contribution in [2.75, 3.05) is 26.2 Å². The number of sulfonamides is 1. The van der Waals surface area contributed by atoms with Crippen molar-refractivity contribution in [3.63, 3.8) is 0 Å². The Morgan fingerprint density at radius 1 is 1.15 bits per heavy atom. The molecule has 0 spiro atoms. The standard InChI is InChI=1S/C22H29ClN4O5S2/c23-19-8-7-16(33-19)9-12-34(31,32)25-17-3-1-10-26(22(17)30)14-20(28)27-11-2-4-18(27)21(29)24-13-15-5-6-15/h7-9,12,15,17-18,25H,1-6,10-11,13-14H2,(H,24,29)/b12-9+/t17-,18+/m0/s1. The van der Waals surface area contributed by atoms with E-state index in [0.29, 0.717) is 54.0 Å². The Labute approximate surface area is 208 Å². The Kier molecular flexibility index (Phi) is 7.96.